The molecule has 0 radical (unpaired) electrons. The molecule has 0 aliphatic rings. The van der Waals surface area contributed by atoms with E-state index in [0.29, 0.717) is 36.2 Å². The normalized spacial score (nSPS) is 10.9. The highest BCUT2D eigenvalue weighted by atomic mass is 35.5. The van der Waals surface area contributed by atoms with E-state index in [2.05, 4.69) is 20.2 Å². The average molecular weight is 333 g/mol. The summed E-state index contributed by atoms with van der Waals surface area (Å²) >= 11 is 5.89. The van der Waals surface area contributed by atoms with Crippen LogP contribution in [0.15, 0.2) is 36.7 Å². The summed E-state index contributed by atoms with van der Waals surface area (Å²) in [5, 5.41) is 8.36. The molecule has 0 saturated heterocycles. The zero-order valence-electron chi connectivity index (χ0n) is 12.2. The van der Waals surface area contributed by atoms with Gasteiger partial charge in [0, 0.05) is 12.4 Å². The van der Waals surface area contributed by atoms with E-state index in [0.717, 1.165) is 11.3 Å². The van der Waals surface area contributed by atoms with Crippen molar-refractivity contribution in [2.24, 2.45) is 5.73 Å². The van der Waals surface area contributed by atoms with Crippen molar-refractivity contribution < 1.29 is 4.39 Å². The lowest BCUT2D eigenvalue weighted by atomic mass is 10.1. The fourth-order valence-corrected chi connectivity index (χ4v) is 2.47. The van der Waals surface area contributed by atoms with E-state index >= 15 is 0 Å². The van der Waals surface area contributed by atoms with Gasteiger partial charge in [0.15, 0.2) is 11.0 Å². The van der Waals surface area contributed by atoms with Gasteiger partial charge >= 0.3 is 0 Å². The summed E-state index contributed by atoms with van der Waals surface area (Å²) in [6.07, 6.45) is 4.06. The highest BCUT2D eigenvalue weighted by Crippen LogP contribution is 2.18. The van der Waals surface area contributed by atoms with E-state index in [-0.39, 0.29) is 0 Å². The van der Waals surface area contributed by atoms with Gasteiger partial charge < -0.3 is 10.3 Å². The van der Waals surface area contributed by atoms with Gasteiger partial charge in [0.1, 0.15) is 5.69 Å². The van der Waals surface area contributed by atoms with Gasteiger partial charge in [0.05, 0.1) is 12.2 Å². The molecule has 2 N–H and O–H groups in total. The number of pyridine rings is 1. The lowest BCUT2D eigenvalue weighted by Crippen LogP contribution is -2.11. The Kier molecular flexibility index (Phi) is 4.59. The Morgan fingerprint density at radius 3 is 2.91 bits per heavy atom. The van der Waals surface area contributed by atoms with Crippen LogP contribution in [0.5, 0.6) is 0 Å². The molecular weight excluding hydrogens is 319 g/mol. The van der Waals surface area contributed by atoms with Gasteiger partial charge in [-0.1, -0.05) is 17.7 Å². The predicted octanol–water partition coefficient (Wildman–Crippen LogP) is 2.08. The van der Waals surface area contributed by atoms with Crippen LogP contribution in [0.4, 0.5) is 4.39 Å². The maximum Gasteiger partial charge on any atom is 0.213 e. The highest BCUT2D eigenvalue weighted by Gasteiger charge is 2.12. The molecule has 0 aliphatic heterocycles. The Labute approximate surface area is 137 Å². The van der Waals surface area contributed by atoms with Crippen LogP contribution in [0.1, 0.15) is 11.3 Å². The minimum absolute atomic E-state index is 0.329. The molecule has 0 aromatic carbocycles. The Morgan fingerprint density at radius 1 is 1.26 bits per heavy atom. The molecule has 3 rings (SSSR count). The zero-order chi connectivity index (χ0) is 16.2. The number of rotatable bonds is 5. The Balaban J connectivity index is 1.95. The second-order valence-electron chi connectivity index (χ2n) is 4.90. The average Bonchev–Trinajstić information content (AvgIpc) is 2.98. The first-order valence-electron chi connectivity index (χ1n) is 7.02. The van der Waals surface area contributed by atoms with E-state index < -0.39 is 5.95 Å². The van der Waals surface area contributed by atoms with Crippen molar-refractivity contribution in [2.45, 2.75) is 13.0 Å². The lowest BCUT2D eigenvalue weighted by Gasteiger charge is -2.10. The monoisotopic (exact) mass is 332 g/mol. The SMILES string of the molecule is NCCc1cc(Cl)nnc1Cn1ccnc1-c1cccc(F)n1. The Bertz CT molecular complexity index is 819. The summed E-state index contributed by atoms with van der Waals surface area (Å²) in [6.45, 7) is 0.907. The van der Waals surface area contributed by atoms with E-state index in [1.54, 1.807) is 30.6 Å². The first-order chi connectivity index (χ1) is 11.2. The molecule has 3 aromatic heterocycles. The third kappa shape index (κ3) is 3.52. The minimum Gasteiger partial charge on any atom is -0.330 e. The predicted molar refractivity (Wildman–Crippen MR) is 84.3 cm³/mol. The molecule has 118 valence electrons. The maximum atomic E-state index is 13.3. The number of aromatic nitrogens is 5. The van der Waals surface area contributed by atoms with Crippen LogP contribution < -0.4 is 5.73 Å². The molecule has 3 aromatic rings. The summed E-state index contributed by atoms with van der Waals surface area (Å²) in [5.41, 5.74) is 7.76. The van der Waals surface area contributed by atoms with E-state index in [4.69, 9.17) is 17.3 Å². The largest absolute Gasteiger partial charge is 0.330 e. The molecule has 3 heterocycles. The number of nitrogens with zero attached hydrogens (tertiary/aromatic N) is 5. The van der Waals surface area contributed by atoms with Crippen LogP contribution in [-0.2, 0) is 13.0 Å². The van der Waals surface area contributed by atoms with Crippen LogP contribution in [0.25, 0.3) is 11.5 Å². The summed E-state index contributed by atoms with van der Waals surface area (Å²) in [4.78, 5) is 8.12. The molecule has 6 nitrogen and oxygen atoms in total. The van der Waals surface area contributed by atoms with Crippen LogP contribution >= 0.6 is 11.6 Å². The molecule has 0 unspecified atom stereocenters. The highest BCUT2D eigenvalue weighted by molar-refractivity contribution is 6.29. The van der Waals surface area contributed by atoms with Gasteiger partial charge in [0.2, 0.25) is 5.95 Å². The number of nitrogens with two attached hydrogens (primary N) is 1. The molecule has 0 fully saturated rings. The molecule has 0 bridgehead atoms. The smallest absolute Gasteiger partial charge is 0.213 e. The van der Waals surface area contributed by atoms with Gasteiger partial charge in [-0.25, -0.2) is 9.97 Å². The molecule has 23 heavy (non-hydrogen) atoms. The maximum absolute atomic E-state index is 13.3. The Hall–Kier alpha value is -2.38. The molecular formula is C15H14ClFN6. The second kappa shape index (κ2) is 6.80. The summed E-state index contributed by atoms with van der Waals surface area (Å²) in [7, 11) is 0. The van der Waals surface area contributed by atoms with Gasteiger partial charge in [0.25, 0.3) is 0 Å². The summed E-state index contributed by atoms with van der Waals surface area (Å²) in [6, 6.07) is 6.35. The van der Waals surface area contributed by atoms with E-state index in [1.807, 2.05) is 4.57 Å². The van der Waals surface area contributed by atoms with Gasteiger partial charge in [-0.15, -0.1) is 5.10 Å². The molecule has 8 heteroatoms. The fourth-order valence-electron chi connectivity index (χ4n) is 2.30. The van der Waals surface area contributed by atoms with Crippen molar-refractivity contribution in [3.8, 4) is 11.5 Å². The van der Waals surface area contributed by atoms with E-state index in [1.165, 1.54) is 6.07 Å². The molecule has 0 aliphatic carbocycles. The third-order valence-corrected chi connectivity index (χ3v) is 3.51. The van der Waals surface area contributed by atoms with Crippen LogP contribution in [0.2, 0.25) is 5.15 Å². The van der Waals surface area contributed by atoms with Gasteiger partial charge in [-0.2, -0.15) is 9.49 Å². The second-order valence-corrected chi connectivity index (χ2v) is 5.29. The topological polar surface area (TPSA) is 82.5 Å². The minimum atomic E-state index is -0.549. The van der Waals surface area contributed by atoms with Crippen molar-refractivity contribution in [1.29, 1.82) is 0 Å². The quantitative estimate of drug-likeness (QED) is 0.723. The molecule has 0 atom stereocenters. The van der Waals surface area contributed by atoms with Crippen molar-refractivity contribution in [2.75, 3.05) is 6.54 Å². The van der Waals surface area contributed by atoms with Crippen LogP contribution in [0.3, 0.4) is 0 Å². The molecule has 0 saturated carbocycles. The standard InChI is InChI=1S/C15H14ClFN6/c16-13-8-10(4-5-18)12(21-22-13)9-23-7-6-19-15(23)11-2-1-3-14(17)20-11/h1-3,6-8H,4-5,9,18H2. The zero-order valence-corrected chi connectivity index (χ0v) is 12.9. The summed E-state index contributed by atoms with van der Waals surface area (Å²) in [5.74, 6) is 0.00658. The van der Waals surface area contributed by atoms with Crippen molar-refractivity contribution >= 4 is 11.6 Å². The lowest BCUT2D eigenvalue weighted by molar-refractivity contribution is 0.584. The third-order valence-electron chi connectivity index (χ3n) is 3.32. The molecule has 0 amide bonds. The number of halogens is 2. The number of hydrogen-bond acceptors (Lipinski definition) is 5. The first-order valence-corrected chi connectivity index (χ1v) is 7.40. The Morgan fingerprint density at radius 2 is 2.13 bits per heavy atom. The number of imidazole rings is 1. The van der Waals surface area contributed by atoms with Crippen molar-refractivity contribution in [3.63, 3.8) is 0 Å². The van der Waals surface area contributed by atoms with Gasteiger partial charge in [-0.3, -0.25) is 0 Å². The van der Waals surface area contributed by atoms with Crippen molar-refractivity contribution in [1.82, 2.24) is 24.7 Å². The van der Waals surface area contributed by atoms with E-state index in [9.17, 15) is 4.39 Å². The molecule has 0 spiro atoms. The van der Waals surface area contributed by atoms with Crippen LogP contribution in [0, 0.1) is 5.95 Å². The summed E-state index contributed by atoms with van der Waals surface area (Å²) < 4.78 is 15.2. The van der Waals surface area contributed by atoms with Gasteiger partial charge in [-0.05, 0) is 36.7 Å². The first kappa shape index (κ1) is 15.5. The number of hydrogen-bond donors (Lipinski definition) is 1. The van der Waals surface area contributed by atoms with Crippen LogP contribution in [-0.4, -0.2) is 31.3 Å². The fraction of sp³-hybridized carbons (Fsp3) is 0.200. The van der Waals surface area contributed by atoms with Crippen molar-refractivity contribution in [3.05, 3.63) is 59.0 Å².